The zero-order valence-electron chi connectivity index (χ0n) is 12.7. The lowest BCUT2D eigenvalue weighted by Crippen LogP contribution is -2.51. The molecule has 4 unspecified atom stereocenters. The van der Waals surface area contributed by atoms with Gasteiger partial charge in [-0.1, -0.05) is 0 Å². The summed E-state index contributed by atoms with van der Waals surface area (Å²) < 4.78 is 39.2. The molecule has 1 aliphatic rings. The summed E-state index contributed by atoms with van der Waals surface area (Å²) in [5, 5.41) is 0. The normalized spacial score (nSPS) is 31.6. The highest BCUT2D eigenvalue weighted by atomic mass is 19.3. The van der Waals surface area contributed by atoms with Gasteiger partial charge in [-0.2, -0.15) is 8.78 Å². The smallest absolute Gasteiger partial charge is 0.370 e. The van der Waals surface area contributed by atoms with Crippen LogP contribution in [-0.4, -0.2) is 67.6 Å². The first-order valence-electron chi connectivity index (χ1n) is 6.72. The van der Waals surface area contributed by atoms with Crippen molar-refractivity contribution in [1.29, 1.82) is 0 Å². The third-order valence-electron chi connectivity index (χ3n) is 4.08. The van der Waals surface area contributed by atoms with Gasteiger partial charge in [0, 0.05) is 39.4 Å². The van der Waals surface area contributed by atoms with Crippen LogP contribution in [0.2, 0.25) is 0 Å². The fraction of sp³-hybridized carbons (Fsp3) is 1.00. The lowest BCUT2D eigenvalue weighted by atomic mass is 10.1. The van der Waals surface area contributed by atoms with E-state index in [9.17, 15) is 8.78 Å². The molecule has 1 rings (SSSR count). The lowest BCUT2D eigenvalue weighted by Gasteiger charge is -2.33. The van der Waals surface area contributed by atoms with Crippen LogP contribution in [0.15, 0.2) is 0 Å². The van der Waals surface area contributed by atoms with Crippen molar-refractivity contribution in [2.24, 2.45) is 0 Å². The van der Waals surface area contributed by atoms with Crippen LogP contribution in [0.1, 0.15) is 27.7 Å². The zero-order chi connectivity index (χ0) is 14.8. The Balaban J connectivity index is 2.85. The van der Waals surface area contributed by atoms with Gasteiger partial charge in [0.15, 0.2) is 0 Å². The summed E-state index contributed by atoms with van der Waals surface area (Å²) in [6, 6.07) is -0.451. The van der Waals surface area contributed by atoms with Gasteiger partial charge in [0.25, 0.3) is 0 Å². The number of alkyl halides is 2. The lowest BCUT2D eigenvalue weighted by molar-refractivity contribution is -0.228. The first kappa shape index (κ1) is 16.8. The molecule has 1 heterocycles. The summed E-state index contributed by atoms with van der Waals surface area (Å²) in [4.78, 5) is 2.43. The zero-order valence-corrected chi connectivity index (χ0v) is 12.7. The Morgan fingerprint density at radius 2 is 1.26 bits per heavy atom. The van der Waals surface area contributed by atoms with Crippen LogP contribution in [0, 0.1) is 0 Å². The molecule has 1 aliphatic heterocycles. The van der Waals surface area contributed by atoms with Crippen LogP contribution < -0.4 is 0 Å². The number of hydrogen-bond donors (Lipinski definition) is 0. The average molecular weight is 280 g/mol. The summed E-state index contributed by atoms with van der Waals surface area (Å²) in [6.45, 7) is 7.69. The van der Waals surface area contributed by atoms with E-state index in [1.54, 1.807) is 13.8 Å². The molecule has 0 N–H and O–H groups in total. The number of rotatable bonds is 6. The van der Waals surface area contributed by atoms with Crippen molar-refractivity contribution < 1.29 is 18.3 Å². The Hall–Kier alpha value is -0.300. The molecular weight excluding hydrogens is 254 g/mol. The molecule has 0 aromatic rings. The van der Waals surface area contributed by atoms with E-state index in [2.05, 4.69) is 0 Å². The van der Waals surface area contributed by atoms with Gasteiger partial charge in [-0.25, -0.2) is 9.80 Å². The Morgan fingerprint density at radius 1 is 0.947 bits per heavy atom. The van der Waals surface area contributed by atoms with Gasteiger partial charge < -0.3 is 9.47 Å². The fourth-order valence-corrected chi connectivity index (χ4v) is 2.43. The fourth-order valence-electron chi connectivity index (χ4n) is 2.43. The molecule has 1 saturated heterocycles. The minimum absolute atomic E-state index is 0.215. The van der Waals surface area contributed by atoms with Gasteiger partial charge in [0.05, 0.1) is 12.2 Å². The van der Waals surface area contributed by atoms with Crippen LogP contribution in [0.4, 0.5) is 8.78 Å². The summed E-state index contributed by atoms with van der Waals surface area (Å²) in [7, 11) is 3.08. The van der Waals surface area contributed by atoms with Gasteiger partial charge in [0.2, 0.25) is 0 Å². The molecule has 0 amide bonds. The van der Waals surface area contributed by atoms with Crippen molar-refractivity contribution in [3.63, 3.8) is 0 Å². The maximum absolute atomic E-state index is 14.5. The van der Waals surface area contributed by atoms with Crippen LogP contribution in [0.25, 0.3) is 0 Å². The van der Waals surface area contributed by atoms with E-state index >= 15 is 0 Å². The molecule has 4 atom stereocenters. The summed E-state index contributed by atoms with van der Waals surface area (Å²) in [5.74, 6) is 0. The highest BCUT2D eigenvalue weighted by Gasteiger charge is 2.56. The van der Waals surface area contributed by atoms with Gasteiger partial charge in [-0.3, -0.25) is 0 Å². The van der Waals surface area contributed by atoms with Crippen molar-refractivity contribution in [3.05, 3.63) is 0 Å². The second-order valence-electron chi connectivity index (χ2n) is 5.39. The molecule has 0 saturated carbocycles. The predicted molar refractivity (Wildman–Crippen MR) is 70.2 cm³/mol. The minimum atomic E-state index is -2.96. The molecule has 0 spiro atoms. The molecule has 4 nitrogen and oxygen atoms in total. The van der Waals surface area contributed by atoms with E-state index in [-0.39, 0.29) is 37.4 Å². The number of methoxy groups -OCH3 is 2. The van der Waals surface area contributed by atoms with E-state index in [1.807, 2.05) is 13.8 Å². The topological polar surface area (TPSA) is 24.9 Å². The molecule has 1 fully saturated rings. The number of nitrogens with zero attached hydrogens (tertiary/aromatic N) is 2. The van der Waals surface area contributed by atoms with Crippen LogP contribution >= 0.6 is 0 Å². The largest absolute Gasteiger partial charge is 0.380 e. The van der Waals surface area contributed by atoms with Gasteiger partial charge in [0.1, 0.15) is 0 Å². The summed E-state index contributed by atoms with van der Waals surface area (Å²) in [6.07, 6.45) is -3.40. The highest BCUT2D eigenvalue weighted by molar-refractivity contribution is 4.95. The molecule has 0 radical (unpaired) electrons. The molecule has 0 aliphatic carbocycles. The van der Waals surface area contributed by atoms with E-state index in [0.717, 1.165) is 0 Å². The summed E-state index contributed by atoms with van der Waals surface area (Å²) in [5.41, 5.74) is 0. The van der Waals surface area contributed by atoms with Gasteiger partial charge >= 0.3 is 6.17 Å². The predicted octanol–water partition coefficient (Wildman–Crippen LogP) is 2.00. The third kappa shape index (κ3) is 3.42. The molecule has 6 heteroatoms. The number of halogens is 2. The van der Waals surface area contributed by atoms with Gasteiger partial charge in [-0.05, 0) is 27.7 Å². The van der Waals surface area contributed by atoms with Crippen LogP contribution in [0.3, 0.4) is 0 Å². The maximum atomic E-state index is 14.5. The molecule has 0 bridgehead atoms. The molecule has 19 heavy (non-hydrogen) atoms. The molecule has 0 aromatic carbocycles. The molecular formula is C13H26F2N2O2. The van der Waals surface area contributed by atoms with E-state index in [1.165, 1.54) is 24.0 Å². The van der Waals surface area contributed by atoms with Gasteiger partial charge in [-0.15, -0.1) is 0 Å². The Kier molecular flexibility index (Phi) is 5.67. The van der Waals surface area contributed by atoms with Crippen LogP contribution in [-0.2, 0) is 9.47 Å². The second kappa shape index (κ2) is 6.43. The monoisotopic (exact) mass is 280 g/mol. The molecule has 0 aromatic heterocycles. The number of ether oxygens (including phenoxy) is 2. The van der Waals surface area contributed by atoms with Crippen LogP contribution in [0.5, 0.6) is 0 Å². The third-order valence-corrected chi connectivity index (χ3v) is 4.08. The summed E-state index contributed by atoms with van der Waals surface area (Å²) >= 11 is 0. The SMILES string of the molecule is COC(C)CN1C(C)C(C)N(CC(C)OC)C1(F)F. The quantitative estimate of drug-likeness (QED) is 0.695. The first-order chi connectivity index (χ1) is 8.75. The van der Waals surface area contributed by atoms with Crippen molar-refractivity contribution in [1.82, 2.24) is 9.80 Å². The first-order valence-corrected chi connectivity index (χ1v) is 6.72. The van der Waals surface area contributed by atoms with E-state index < -0.39 is 6.17 Å². The van der Waals surface area contributed by atoms with Crippen molar-refractivity contribution in [2.45, 2.75) is 58.2 Å². The minimum Gasteiger partial charge on any atom is -0.380 e. The Labute approximate surface area is 114 Å². The average Bonchev–Trinajstić information content (AvgIpc) is 2.52. The van der Waals surface area contributed by atoms with Crippen molar-refractivity contribution >= 4 is 0 Å². The number of hydrogen-bond acceptors (Lipinski definition) is 4. The Bertz CT molecular complexity index is 266. The van der Waals surface area contributed by atoms with E-state index in [4.69, 9.17) is 9.47 Å². The second-order valence-corrected chi connectivity index (χ2v) is 5.39. The van der Waals surface area contributed by atoms with Crippen molar-refractivity contribution in [2.75, 3.05) is 27.3 Å². The maximum Gasteiger partial charge on any atom is 0.370 e. The standard InChI is InChI=1S/C13H26F2N2O2/c1-9(18-5)7-16-11(3)12(4)17(13(16,14)15)8-10(2)19-6/h9-12H,7-8H2,1-6H3. The Morgan fingerprint density at radius 3 is 1.53 bits per heavy atom. The van der Waals surface area contributed by atoms with Crippen molar-refractivity contribution in [3.8, 4) is 0 Å². The van der Waals surface area contributed by atoms with E-state index in [0.29, 0.717) is 0 Å². The highest BCUT2D eigenvalue weighted by Crippen LogP contribution is 2.38. The molecule has 114 valence electrons.